The zero-order valence-corrected chi connectivity index (χ0v) is 23.8. The Kier molecular flexibility index (Phi) is 5.62. The van der Waals surface area contributed by atoms with E-state index in [1.54, 1.807) is 16.7 Å². The van der Waals surface area contributed by atoms with Crippen molar-refractivity contribution in [3.05, 3.63) is 105 Å². The number of hydrogen-bond acceptors (Lipinski definition) is 2. The van der Waals surface area contributed by atoms with E-state index in [0.717, 1.165) is 36.2 Å². The van der Waals surface area contributed by atoms with E-state index >= 15 is 0 Å². The standard InChI is InChI=1S/C38H42O2/c1-3-9-25-21-27(17-15-23(25)7-1)29-11-5-13-31-33-19-20-34-32-14-6-12-30(36(32)40-38(34)37(33)39-35(29)31)28-18-16-24-8-2-4-10-26(24)22-28/h5-6,11-14,17,22-23,25,31-32,35-36H,1-4,7-10,15-16,18-21H2. The van der Waals surface area contributed by atoms with Crippen LogP contribution in [0.3, 0.4) is 0 Å². The molecule has 0 amide bonds. The van der Waals surface area contributed by atoms with Crippen LogP contribution in [0.4, 0.5) is 0 Å². The van der Waals surface area contributed by atoms with Crippen LogP contribution in [0.5, 0.6) is 0 Å². The highest BCUT2D eigenvalue weighted by atomic mass is 16.5. The first kappa shape index (κ1) is 23.9. The van der Waals surface area contributed by atoms with Gasteiger partial charge in [0.25, 0.3) is 0 Å². The number of hydrogen-bond donors (Lipinski definition) is 0. The molecule has 0 aromatic heterocycles. The van der Waals surface area contributed by atoms with Crippen LogP contribution in [0, 0.1) is 23.7 Å². The molecule has 7 aliphatic carbocycles. The molecule has 1 saturated carbocycles. The molecule has 2 heterocycles. The minimum absolute atomic E-state index is 0.111. The molecule has 40 heavy (non-hydrogen) atoms. The summed E-state index contributed by atoms with van der Waals surface area (Å²) in [6.07, 6.45) is 37.6. The van der Waals surface area contributed by atoms with Crippen LogP contribution in [0.2, 0.25) is 0 Å². The van der Waals surface area contributed by atoms with Crippen molar-refractivity contribution >= 4 is 0 Å². The van der Waals surface area contributed by atoms with E-state index in [-0.39, 0.29) is 12.2 Å². The summed E-state index contributed by atoms with van der Waals surface area (Å²) in [7, 11) is 0. The molecule has 0 saturated heterocycles. The lowest BCUT2D eigenvalue weighted by atomic mass is 9.69. The molecule has 206 valence electrons. The Morgan fingerprint density at radius 2 is 1.30 bits per heavy atom. The average Bonchev–Trinajstić information content (AvgIpc) is 3.59. The van der Waals surface area contributed by atoms with E-state index < -0.39 is 0 Å². The number of fused-ring (bicyclic) bond motifs is 6. The Balaban J connectivity index is 0.988. The van der Waals surface area contributed by atoms with Crippen molar-refractivity contribution in [3.8, 4) is 0 Å². The summed E-state index contributed by atoms with van der Waals surface area (Å²) in [4.78, 5) is 0. The van der Waals surface area contributed by atoms with Gasteiger partial charge in [-0.05, 0) is 128 Å². The van der Waals surface area contributed by atoms with Crippen LogP contribution in [-0.2, 0) is 9.47 Å². The summed E-state index contributed by atoms with van der Waals surface area (Å²) in [6.45, 7) is 0. The summed E-state index contributed by atoms with van der Waals surface area (Å²) >= 11 is 0. The highest BCUT2D eigenvalue weighted by molar-refractivity contribution is 5.56. The predicted octanol–water partition coefficient (Wildman–Crippen LogP) is 9.43. The third kappa shape index (κ3) is 3.67. The molecule has 0 aromatic rings. The first-order valence-electron chi connectivity index (χ1n) is 16.5. The van der Waals surface area contributed by atoms with Gasteiger partial charge < -0.3 is 9.47 Å². The minimum Gasteiger partial charge on any atom is -0.481 e. The second-order valence-electron chi connectivity index (χ2n) is 13.8. The Morgan fingerprint density at radius 1 is 0.625 bits per heavy atom. The predicted molar refractivity (Wildman–Crippen MR) is 160 cm³/mol. The highest BCUT2D eigenvalue weighted by Crippen LogP contribution is 2.55. The van der Waals surface area contributed by atoms with Crippen molar-refractivity contribution < 1.29 is 9.47 Å². The lowest BCUT2D eigenvalue weighted by Crippen LogP contribution is -2.28. The molecule has 0 bridgehead atoms. The van der Waals surface area contributed by atoms with E-state index in [9.17, 15) is 0 Å². The van der Waals surface area contributed by atoms with E-state index in [0.29, 0.717) is 11.8 Å². The van der Waals surface area contributed by atoms with Gasteiger partial charge in [0, 0.05) is 11.8 Å². The minimum atomic E-state index is 0.111. The van der Waals surface area contributed by atoms with E-state index in [1.807, 2.05) is 0 Å². The van der Waals surface area contributed by atoms with Crippen molar-refractivity contribution in [1.82, 2.24) is 0 Å². The molecule has 0 N–H and O–H groups in total. The van der Waals surface area contributed by atoms with E-state index in [1.165, 1.54) is 105 Å². The molecule has 2 aliphatic heterocycles. The molecule has 6 atom stereocenters. The number of rotatable bonds is 2. The van der Waals surface area contributed by atoms with Gasteiger partial charge in [-0.3, -0.25) is 0 Å². The fourth-order valence-electron chi connectivity index (χ4n) is 9.73. The van der Waals surface area contributed by atoms with Gasteiger partial charge in [-0.15, -0.1) is 0 Å². The van der Waals surface area contributed by atoms with Gasteiger partial charge in [-0.1, -0.05) is 67.0 Å². The number of ether oxygens (including phenoxy) is 2. The van der Waals surface area contributed by atoms with E-state index in [4.69, 9.17) is 9.47 Å². The van der Waals surface area contributed by atoms with E-state index in [2.05, 4.69) is 48.6 Å². The monoisotopic (exact) mass is 530 g/mol. The fourth-order valence-corrected chi connectivity index (χ4v) is 9.73. The van der Waals surface area contributed by atoms with Crippen LogP contribution in [-0.4, -0.2) is 12.2 Å². The van der Waals surface area contributed by atoms with Gasteiger partial charge in [-0.2, -0.15) is 0 Å². The normalized spacial score (nSPS) is 37.6. The molecule has 6 unspecified atom stereocenters. The summed E-state index contributed by atoms with van der Waals surface area (Å²) in [5.41, 5.74) is 12.3. The molecule has 0 radical (unpaired) electrons. The molecular formula is C38H42O2. The van der Waals surface area contributed by atoms with Crippen LogP contribution in [0.1, 0.15) is 89.9 Å². The lowest BCUT2D eigenvalue weighted by molar-refractivity contribution is 0.106. The third-order valence-corrected chi connectivity index (χ3v) is 11.8. The quantitative estimate of drug-likeness (QED) is 0.354. The summed E-state index contributed by atoms with van der Waals surface area (Å²) < 4.78 is 14.0. The van der Waals surface area contributed by atoms with Gasteiger partial charge in [-0.25, -0.2) is 0 Å². The van der Waals surface area contributed by atoms with Crippen molar-refractivity contribution in [1.29, 1.82) is 0 Å². The molecule has 2 nitrogen and oxygen atoms in total. The zero-order valence-electron chi connectivity index (χ0n) is 23.8. The summed E-state index contributed by atoms with van der Waals surface area (Å²) in [6, 6.07) is 0. The Hall–Kier alpha value is -2.74. The highest BCUT2D eigenvalue weighted by Gasteiger charge is 2.49. The summed E-state index contributed by atoms with van der Waals surface area (Å²) in [5, 5.41) is 0. The second kappa shape index (κ2) is 9.40. The van der Waals surface area contributed by atoms with Crippen LogP contribution in [0.25, 0.3) is 0 Å². The average molecular weight is 531 g/mol. The molecule has 9 aliphatic rings. The van der Waals surface area contributed by atoms with Crippen LogP contribution < -0.4 is 0 Å². The maximum Gasteiger partial charge on any atom is 0.162 e. The maximum absolute atomic E-state index is 7.01. The molecule has 0 spiro atoms. The van der Waals surface area contributed by atoms with Gasteiger partial charge in [0.2, 0.25) is 0 Å². The van der Waals surface area contributed by atoms with Crippen molar-refractivity contribution in [3.63, 3.8) is 0 Å². The topological polar surface area (TPSA) is 18.5 Å². The molecule has 1 fully saturated rings. The van der Waals surface area contributed by atoms with Crippen molar-refractivity contribution in [2.45, 2.75) is 102 Å². The first-order chi connectivity index (χ1) is 19.8. The van der Waals surface area contributed by atoms with Gasteiger partial charge in [0.05, 0.1) is 0 Å². The van der Waals surface area contributed by atoms with Crippen LogP contribution >= 0.6 is 0 Å². The Morgan fingerprint density at radius 3 is 2.05 bits per heavy atom. The Labute approximate surface area is 239 Å². The SMILES string of the molecule is C1=CC2C3=C(OC2C(C2=CC4=C(CCCC4)CC2)=C1)C1=C(CC3)C2C=CC=C(C3=CCC4CCCCC4C3)C2O1. The largest absolute Gasteiger partial charge is 0.481 e. The molecular weight excluding hydrogens is 488 g/mol. The van der Waals surface area contributed by atoms with Crippen LogP contribution in [0.15, 0.2) is 105 Å². The lowest BCUT2D eigenvalue weighted by Gasteiger charge is -2.37. The van der Waals surface area contributed by atoms with Crippen molar-refractivity contribution in [2.24, 2.45) is 23.7 Å². The Bertz CT molecular complexity index is 1430. The molecule has 0 aromatic carbocycles. The number of allylic oxidation sites excluding steroid dienone is 8. The first-order valence-corrected chi connectivity index (χ1v) is 16.5. The zero-order chi connectivity index (χ0) is 26.2. The van der Waals surface area contributed by atoms with Gasteiger partial charge in [0.15, 0.2) is 11.5 Å². The van der Waals surface area contributed by atoms with Gasteiger partial charge in [0.1, 0.15) is 12.2 Å². The molecule has 2 heteroatoms. The third-order valence-electron chi connectivity index (χ3n) is 11.8. The molecule has 9 rings (SSSR count). The second-order valence-corrected chi connectivity index (χ2v) is 13.8. The summed E-state index contributed by atoms with van der Waals surface area (Å²) in [5.74, 6) is 4.70. The van der Waals surface area contributed by atoms with Crippen molar-refractivity contribution in [2.75, 3.05) is 0 Å². The maximum atomic E-state index is 7.01. The van der Waals surface area contributed by atoms with Gasteiger partial charge >= 0.3 is 0 Å². The smallest absolute Gasteiger partial charge is 0.162 e. The fraction of sp³-hybridized carbons (Fsp3) is 0.526.